The van der Waals surface area contributed by atoms with E-state index in [1.54, 1.807) is 0 Å². The average molecular weight is 126 g/mol. The van der Waals surface area contributed by atoms with Gasteiger partial charge < -0.3 is 4.74 Å². The standard InChI is InChI=1S/C4H5F3O/c1-8-2-3(5)4(6)7/h2,4H,1H3. The van der Waals surface area contributed by atoms with Crippen molar-refractivity contribution < 1.29 is 17.9 Å². The highest BCUT2D eigenvalue weighted by Gasteiger charge is 2.08. The van der Waals surface area contributed by atoms with Crippen molar-refractivity contribution in [3.05, 3.63) is 12.1 Å². The molecule has 1 nitrogen and oxygen atoms in total. The lowest BCUT2D eigenvalue weighted by molar-refractivity contribution is 0.149. The largest absolute Gasteiger partial charge is 0.501 e. The van der Waals surface area contributed by atoms with Crippen LogP contribution < -0.4 is 0 Å². The van der Waals surface area contributed by atoms with E-state index in [0.29, 0.717) is 6.26 Å². The summed E-state index contributed by atoms with van der Waals surface area (Å²) in [7, 11) is 1.10. The lowest BCUT2D eigenvalue weighted by atomic mass is 10.6. The molecule has 0 aliphatic carbocycles. The molecule has 0 aromatic heterocycles. The van der Waals surface area contributed by atoms with Crippen molar-refractivity contribution in [2.75, 3.05) is 7.11 Å². The Kier molecular flexibility index (Phi) is 3.07. The molecule has 48 valence electrons. The van der Waals surface area contributed by atoms with Crippen LogP contribution in [0.3, 0.4) is 0 Å². The third-order valence-electron chi connectivity index (χ3n) is 0.439. The number of halogens is 3. The second kappa shape index (κ2) is 3.35. The summed E-state index contributed by atoms with van der Waals surface area (Å²) in [6, 6.07) is 0. The molecule has 0 spiro atoms. The Labute approximate surface area is 44.8 Å². The number of methoxy groups -OCH3 is 1. The highest BCUT2D eigenvalue weighted by molar-refractivity contribution is 4.87. The van der Waals surface area contributed by atoms with Crippen molar-refractivity contribution in [2.45, 2.75) is 6.43 Å². The van der Waals surface area contributed by atoms with Crippen LogP contribution in [0.1, 0.15) is 0 Å². The van der Waals surface area contributed by atoms with Gasteiger partial charge in [0.05, 0.1) is 7.11 Å². The zero-order chi connectivity index (χ0) is 6.57. The molecule has 0 saturated heterocycles. The molecular formula is C4H5F3O. The van der Waals surface area contributed by atoms with Crippen molar-refractivity contribution in [2.24, 2.45) is 0 Å². The monoisotopic (exact) mass is 126 g/mol. The molecule has 0 unspecified atom stereocenters. The summed E-state index contributed by atoms with van der Waals surface area (Å²) in [5.74, 6) is -1.55. The zero-order valence-corrected chi connectivity index (χ0v) is 4.20. The van der Waals surface area contributed by atoms with Crippen LogP contribution in [0.5, 0.6) is 0 Å². The molecule has 0 rings (SSSR count). The molecule has 0 aromatic carbocycles. The van der Waals surface area contributed by atoms with Gasteiger partial charge in [0, 0.05) is 0 Å². The normalized spacial score (nSPS) is 12.4. The summed E-state index contributed by atoms with van der Waals surface area (Å²) in [6.07, 6.45) is -2.69. The van der Waals surface area contributed by atoms with Gasteiger partial charge in [-0.1, -0.05) is 0 Å². The molecule has 0 bridgehead atoms. The number of hydrogen-bond acceptors (Lipinski definition) is 1. The minimum atomic E-state index is -3.06. The fourth-order valence-electron chi connectivity index (χ4n) is 0.164. The first kappa shape index (κ1) is 7.33. The molecule has 0 aromatic rings. The summed E-state index contributed by atoms with van der Waals surface area (Å²) >= 11 is 0. The first-order valence-electron chi connectivity index (χ1n) is 1.85. The van der Waals surface area contributed by atoms with Crippen molar-refractivity contribution >= 4 is 0 Å². The molecule has 0 amide bonds. The van der Waals surface area contributed by atoms with E-state index in [9.17, 15) is 13.2 Å². The SMILES string of the molecule is COC=C(F)C(F)F. The van der Waals surface area contributed by atoms with Crippen LogP contribution in [0, 0.1) is 0 Å². The molecule has 8 heavy (non-hydrogen) atoms. The second-order valence-electron chi connectivity index (χ2n) is 1.04. The minimum Gasteiger partial charge on any atom is -0.501 e. The molecule has 0 aliphatic heterocycles. The van der Waals surface area contributed by atoms with E-state index in [1.807, 2.05) is 0 Å². The van der Waals surface area contributed by atoms with Gasteiger partial charge in [0.25, 0.3) is 6.43 Å². The van der Waals surface area contributed by atoms with Gasteiger partial charge in [0.15, 0.2) is 0 Å². The predicted molar refractivity (Wildman–Crippen MR) is 22.2 cm³/mol. The van der Waals surface area contributed by atoms with Crippen LogP contribution in [0.4, 0.5) is 13.2 Å². The Morgan fingerprint density at radius 2 is 2.12 bits per heavy atom. The van der Waals surface area contributed by atoms with Crippen LogP contribution in [-0.2, 0) is 4.74 Å². The summed E-state index contributed by atoms with van der Waals surface area (Å²) in [5, 5.41) is 0. The third-order valence-corrected chi connectivity index (χ3v) is 0.439. The van der Waals surface area contributed by atoms with Gasteiger partial charge in [-0.05, 0) is 0 Å². The fraction of sp³-hybridized carbons (Fsp3) is 0.500. The van der Waals surface area contributed by atoms with E-state index in [4.69, 9.17) is 0 Å². The molecule has 0 aliphatic rings. The Morgan fingerprint density at radius 1 is 1.62 bits per heavy atom. The molecule has 0 fully saturated rings. The van der Waals surface area contributed by atoms with Gasteiger partial charge in [-0.15, -0.1) is 0 Å². The van der Waals surface area contributed by atoms with Crippen molar-refractivity contribution in [3.8, 4) is 0 Å². The lowest BCUT2D eigenvalue weighted by Crippen LogP contribution is -1.89. The summed E-state index contributed by atoms with van der Waals surface area (Å²) in [5.41, 5.74) is 0. The summed E-state index contributed by atoms with van der Waals surface area (Å²) in [6.45, 7) is 0. The number of ether oxygens (including phenoxy) is 1. The van der Waals surface area contributed by atoms with E-state index in [1.165, 1.54) is 0 Å². The quantitative estimate of drug-likeness (QED) is 0.512. The van der Waals surface area contributed by atoms with Gasteiger partial charge in [0.2, 0.25) is 5.83 Å². The van der Waals surface area contributed by atoms with Crippen LogP contribution in [-0.4, -0.2) is 13.5 Å². The lowest BCUT2D eigenvalue weighted by Gasteiger charge is -1.91. The van der Waals surface area contributed by atoms with Crippen molar-refractivity contribution in [3.63, 3.8) is 0 Å². The maximum Gasteiger partial charge on any atom is 0.292 e. The van der Waals surface area contributed by atoms with Crippen LogP contribution in [0.25, 0.3) is 0 Å². The Morgan fingerprint density at radius 3 is 2.25 bits per heavy atom. The van der Waals surface area contributed by atoms with Crippen LogP contribution in [0.15, 0.2) is 12.1 Å². The molecule has 4 heteroatoms. The van der Waals surface area contributed by atoms with E-state index < -0.39 is 12.3 Å². The van der Waals surface area contributed by atoms with E-state index in [0.717, 1.165) is 7.11 Å². The van der Waals surface area contributed by atoms with Gasteiger partial charge in [0.1, 0.15) is 6.26 Å². The zero-order valence-electron chi connectivity index (χ0n) is 4.20. The highest BCUT2D eigenvalue weighted by Crippen LogP contribution is 2.08. The Bertz CT molecular complexity index is 89.3. The van der Waals surface area contributed by atoms with Crippen LogP contribution >= 0.6 is 0 Å². The van der Waals surface area contributed by atoms with E-state index >= 15 is 0 Å². The fourth-order valence-corrected chi connectivity index (χ4v) is 0.164. The van der Waals surface area contributed by atoms with E-state index in [2.05, 4.69) is 4.74 Å². The summed E-state index contributed by atoms with van der Waals surface area (Å²) < 4.78 is 37.6. The molecule has 0 radical (unpaired) electrons. The maximum absolute atomic E-state index is 11.5. The number of rotatable bonds is 2. The predicted octanol–water partition coefficient (Wildman–Crippen LogP) is 1.71. The Hall–Kier alpha value is -0.670. The molecular weight excluding hydrogens is 121 g/mol. The van der Waals surface area contributed by atoms with E-state index in [-0.39, 0.29) is 0 Å². The van der Waals surface area contributed by atoms with Crippen LogP contribution in [0.2, 0.25) is 0 Å². The smallest absolute Gasteiger partial charge is 0.292 e. The van der Waals surface area contributed by atoms with Gasteiger partial charge in [-0.25, -0.2) is 13.2 Å². The first-order chi connectivity index (χ1) is 3.68. The average Bonchev–Trinajstić information content (AvgIpc) is 1.67. The Balaban J connectivity index is 3.61. The summed E-state index contributed by atoms with van der Waals surface area (Å²) in [4.78, 5) is 0. The molecule has 0 atom stereocenters. The van der Waals surface area contributed by atoms with Gasteiger partial charge in [-0.2, -0.15) is 0 Å². The number of alkyl halides is 2. The van der Waals surface area contributed by atoms with Crippen molar-refractivity contribution in [1.29, 1.82) is 0 Å². The topological polar surface area (TPSA) is 9.23 Å². The number of allylic oxidation sites excluding steroid dienone is 1. The molecule has 0 saturated carbocycles. The van der Waals surface area contributed by atoms with Gasteiger partial charge >= 0.3 is 0 Å². The minimum absolute atomic E-state index is 0.366. The second-order valence-corrected chi connectivity index (χ2v) is 1.04. The molecule has 0 heterocycles. The van der Waals surface area contributed by atoms with Crippen molar-refractivity contribution in [1.82, 2.24) is 0 Å². The van der Waals surface area contributed by atoms with Gasteiger partial charge in [-0.3, -0.25) is 0 Å². The number of hydrogen-bond donors (Lipinski definition) is 0. The third kappa shape index (κ3) is 2.49. The molecule has 0 N–H and O–H groups in total. The maximum atomic E-state index is 11.5. The first-order valence-corrected chi connectivity index (χ1v) is 1.85. The highest BCUT2D eigenvalue weighted by atomic mass is 19.3.